The van der Waals surface area contributed by atoms with Crippen LogP contribution in [-0.2, 0) is 6.42 Å². The van der Waals surface area contributed by atoms with Crippen molar-refractivity contribution in [1.82, 2.24) is 0 Å². The van der Waals surface area contributed by atoms with Gasteiger partial charge < -0.3 is 0 Å². The summed E-state index contributed by atoms with van der Waals surface area (Å²) in [4.78, 5) is 0. The van der Waals surface area contributed by atoms with Gasteiger partial charge in [-0.25, -0.2) is 0 Å². The van der Waals surface area contributed by atoms with E-state index in [0.717, 1.165) is 28.0 Å². The van der Waals surface area contributed by atoms with Crippen LogP contribution in [0.3, 0.4) is 0 Å². The predicted molar refractivity (Wildman–Crippen MR) is 87.1 cm³/mol. The number of hydrogen-bond donors (Lipinski definition) is 0. The van der Waals surface area contributed by atoms with Gasteiger partial charge in [0.2, 0.25) is 0 Å². The Morgan fingerprint density at radius 1 is 1.11 bits per heavy atom. The standard InChI is InChI=1S/C15H19Br2Cl/c16-10-15(11-17,13-6-2-3-7-13)9-12-5-1-4-8-14(12)18/h1,4-5,8,13H,2-3,6-7,9-11H2. The van der Waals surface area contributed by atoms with Gasteiger partial charge in [0.1, 0.15) is 0 Å². The van der Waals surface area contributed by atoms with Crippen molar-refractivity contribution >= 4 is 43.5 Å². The number of alkyl halides is 2. The van der Waals surface area contributed by atoms with Crippen molar-refractivity contribution in [2.75, 3.05) is 10.7 Å². The molecule has 18 heavy (non-hydrogen) atoms. The fourth-order valence-electron chi connectivity index (χ4n) is 3.05. The second-order valence-electron chi connectivity index (χ2n) is 5.38. The molecule has 100 valence electrons. The Kier molecular flexibility index (Phi) is 5.59. The lowest BCUT2D eigenvalue weighted by Crippen LogP contribution is -2.35. The van der Waals surface area contributed by atoms with E-state index in [0.29, 0.717) is 5.41 Å². The Morgan fingerprint density at radius 3 is 2.28 bits per heavy atom. The van der Waals surface area contributed by atoms with Crippen LogP contribution in [0.5, 0.6) is 0 Å². The Hall–Kier alpha value is 0.470. The van der Waals surface area contributed by atoms with Crippen molar-refractivity contribution in [3.63, 3.8) is 0 Å². The van der Waals surface area contributed by atoms with Gasteiger partial charge >= 0.3 is 0 Å². The quantitative estimate of drug-likeness (QED) is 0.550. The number of benzene rings is 1. The van der Waals surface area contributed by atoms with E-state index >= 15 is 0 Å². The highest BCUT2D eigenvalue weighted by molar-refractivity contribution is 9.09. The zero-order valence-corrected chi connectivity index (χ0v) is 14.4. The summed E-state index contributed by atoms with van der Waals surface area (Å²) in [5.41, 5.74) is 1.59. The molecule has 1 aromatic rings. The molecule has 0 nitrogen and oxygen atoms in total. The van der Waals surface area contributed by atoms with Crippen LogP contribution in [0, 0.1) is 11.3 Å². The van der Waals surface area contributed by atoms with E-state index in [1.807, 2.05) is 12.1 Å². The molecule has 0 radical (unpaired) electrons. The second-order valence-corrected chi connectivity index (χ2v) is 6.91. The molecule has 3 heteroatoms. The Balaban J connectivity index is 2.22. The third-order valence-electron chi connectivity index (χ3n) is 4.25. The van der Waals surface area contributed by atoms with E-state index in [4.69, 9.17) is 11.6 Å². The molecule has 0 unspecified atom stereocenters. The monoisotopic (exact) mass is 392 g/mol. The lowest BCUT2D eigenvalue weighted by molar-refractivity contribution is 0.233. The van der Waals surface area contributed by atoms with E-state index in [2.05, 4.69) is 44.0 Å². The van der Waals surface area contributed by atoms with Crippen molar-refractivity contribution in [2.45, 2.75) is 32.1 Å². The number of hydrogen-bond acceptors (Lipinski definition) is 0. The molecule has 0 N–H and O–H groups in total. The van der Waals surface area contributed by atoms with Crippen LogP contribution in [-0.4, -0.2) is 10.7 Å². The van der Waals surface area contributed by atoms with E-state index in [1.165, 1.54) is 31.2 Å². The molecule has 1 aromatic carbocycles. The maximum atomic E-state index is 6.32. The molecule has 1 aliphatic rings. The fourth-order valence-corrected chi connectivity index (χ4v) is 5.50. The van der Waals surface area contributed by atoms with Gasteiger partial charge in [-0.3, -0.25) is 0 Å². The topological polar surface area (TPSA) is 0 Å². The summed E-state index contributed by atoms with van der Waals surface area (Å²) >= 11 is 13.8. The average Bonchev–Trinajstić information content (AvgIpc) is 2.93. The summed E-state index contributed by atoms with van der Waals surface area (Å²) in [5.74, 6) is 0.813. The largest absolute Gasteiger partial charge is 0.0921 e. The van der Waals surface area contributed by atoms with E-state index in [9.17, 15) is 0 Å². The van der Waals surface area contributed by atoms with Crippen LogP contribution in [0.15, 0.2) is 24.3 Å². The molecule has 1 fully saturated rings. The molecule has 0 aromatic heterocycles. The Bertz CT molecular complexity index is 382. The third kappa shape index (κ3) is 3.13. The lowest BCUT2D eigenvalue weighted by atomic mass is 9.73. The van der Waals surface area contributed by atoms with E-state index < -0.39 is 0 Å². The summed E-state index contributed by atoms with van der Waals surface area (Å²) in [6.07, 6.45) is 6.56. The number of rotatable bonds is 5. The van der Waals surface area contributed by atoms with Crippen molar-refractivity contribution < 1.29 is 0 Å². The molecule has 0 bridgehead atoms. The van der Waals surface area contributed by atoms with Gasteiger partial charge in [0.05, 0.1) is 0 Å². The zero-order chi connectivity index (χ0) is 13.0. The summed E-state index contributed by atoms with van der Waals surface area (Å²) in [7, 11) is 0. The first kappa shape index (κ1) is 14.9. The van der Waals surface area contributed by atoms with E-state index in [1.54, 1.807) is 0 Å². The first-order valence-electron chi connectivity index (χ1n) is 6.57. The van der Waals surface area contributed by atoms with Crippen LogP contribution in [0.25, 0.3) is 0 Å². The summed E-state index contributed by atoms with van der Waals surface area (Å²) in [6.45, 7) is 0. The van der Waals surface area contributed by atoms with Crippen molar-refractivity contribution in [2.24, 2.45) is 11.3 Å². The average molecular weight is 395 g/mol. The zero-order valence-electron chi connectivity index (χ0n) is 10.5. The smallest absolute Gasteiger partial charge is 0.0438 e. The second kappa shape index (κ2) is 6.76. The van der Waals surface area contributed by atoms with Gasteiger partial charge in [-0.15, -0.1) is 0 Å². The van der Waals surface area contributed by atoms with Gasteiger partial charge in [-0.2, -0.15) is 0 Å². The SMILES string of the molecule is Clc1ccccc1CC(CBr)(CBr)C1CCCC1. The van der Waals surface area contributed by atoms with Crippen LogP contribution in [0.1, 0.15) is 31.2 Å². The van der Waals surface area contributed by atoms with E-state index in [-0.39, 0.29) is 0 Å². The molecule has 1 aliphatic carbocycles. The summed E-state index contributed by atoms with van der Waals surface area (Å²) in [5, 5.41) is 2.99. The molecule has 0 heterocycles. The molecule has 0 spiro atoms. The van der Waals surface area contributed by atoms with Gasteiger partial charge in [-0.05, 0) is 42.2 Å². The first-order valence-corrected chi connectivity index (χ1v) is 9.19. The molecule has 0 saturated heterocycles. The molecule has 0 amide bonds. The summed E-state index contributed by atoms with van der Waals surface area (Å²) < 4.78 is 0. The highest BCUT2D eigenvalue weighted by atomic mass is 79.9. The minimum Gasteiger partial charge on any atom is -0.0921 e. The predicted octanol–water partition coefficient (Wildman–Crippen LogP) is 5.85. The molecule has 0 atom stereocenters. The van der Waals surface area contributed by atoms with Gasteiger partial charge in [-0.1, -0.05) is 74.5 Å². The Labute approximate surface area is 132 Å². The van der Waals surface area contributed by atoms with Gasteiger partial charge in [0, 0.05) is 15.7 Å². The van der Waals surface area contributed by atoms with Crippen LogP contribution >= 0.6 is 43.5 Å². The van der Waals surface area contributed by atoms with Crippen LogP contribution in [0.2, 0.25) is 5.02 Å². The van der Waals surface area contributed by atoms with Crippen LogP contribution < -0.4 is 0 Å². The molecule has 1 saturated carbocycles. The maximum Gasteiger partial charge on any atom is 0.0438 e. The lowest BCUT2D eigenvalue weighted by Gasteiger charge is -2.37. The fraction of sp³-hybridized carbons (Fsp3) is 0.600. The maximum absolute atomic E-state index is 6.32. The molecule has 0 aliphatic heterocycles. The number of halogens is 3. The van der Waals surface area contributed by atoms with Gasteiger partial charge in [0.15, 0.2) is 0 Å². The van der Waals surface area contributed by atoms with Crippen LogP contribution in [0.4, 0.5) is 0 Å². The van der Waals surface area contributed by atoms with Crippen molar-refractivity contribution in [1.29, 1.82) is 0 Å². The minimum absolute atomic E-state index is 0.307. The molecular formula is C15H19Br2Cl. The molecular weight excluding hydrogens is 375 g/mol. The first-order chi connectivity index (χ1) is 8.72. The van der Waals surface area contributed by atoms with Crippen molar-refractivity contribution in [3.05, 3.63) is 34.9 Å². The summed E-state index contributed by atoms with van der Waals surface area (Å²) in [6, 6.07) is 8.25. The molecule has 2 rings (SSSR count). The minimum atomic E-state index is 0.307. The Morgan fingerprint density at radius 2 is 1.72 bits per heavy atom. The highest BCUT2D eigenvalue weighted by Crippen LogP contribution is 2.45. The normalized spacial score (nSPS) is 17.3. The van der Waals surface area contributed by atoms with Gasteiger partial charge in [0.25, 0.3) is 0 Å². The third-order valence-corrected chi connectivity index (χ3v) is 6.86. The van der Waals surface area contributed by atoms with Crippen molar-refractivity contribution in [3.8, 4) is 0 Å². The highest BCUT2D eigenvalue weighted by Gasteiger charge is 2.38.